The van der Waals surface area contributed by atoms with Gasteiger partial charge in [0.25, 0.3) is 0 Å². The fourth-order valence-electron chi connectivity index (χ4n) is 1.69. The summed E-state index contributed by atoms with van der Waals surface area (Å²) in [4.78, 5) is 4.47. The van der Waals surface area contributed by atoms with Crippen molar-refractivity contribution in [3.63, 3.8) is 0 Å². The van der Waals surface area contributed by atoms with E-state index in [1.807, 2.05) is 42.6 Å². The van der Waals surface area contributed by atoms with E-state index in [9.17, 15) is 0 Å². The van der Waals surface area contributed by atoms with Crippen molar-refractivity contribution in [1.29, 1.82) is 0 Å². The topological polar surface area (TPSA) is 56.2 Å². The van der Waals surface area contributed by atoms with Gasteiger partial charge in [-0.3, -0.25) is 0 Å². The van der Waals surface area contributed by atoms with Crippen LogP contribution in [0.15, 0.2) is 47.1 Å². The Labute approximate surface area is 106 Å². The van der Waals surface area contributed by atoms with Gasteiger partial charge in [0.2, 0.25) is 0 Å². The maximum absolute atomic E-state index is 5.91. The van der Waals surface area contributed by atoms with Crippen LogP contribution in [-0.2, 0) is 0 Å². The lowest BCUT2D eigenvalue weighted by Gasteiger charge is -1.98. The van der Waals surface area contributed by atoms with Crippen LogP contribution in [0.2, 0.25) is 0 Å². The Morgan fingerprint density at radius 3 is 2.71 bits per heavy atom. The zero-order chi connectivity index (χ0) is 11.8. The molecule has 0 fully saturated rings. The van der Waals surface area contributed by atoms with Crippen LogP contribution in [0.4, 0.5) is 5.69 Å². The highest BCUT2D eigenvalue weighted by Crippen LogP contribution is 2.24. The van der Waals surface area contributed by atoms with Gasteiger partial charge in [0, 0.05) is 17.4 Å². The highest BCUT2D eigenvalue weighted by atomic mass is 79.9. The Morgan fingerprint density at radius 1 is 1.12 bits per heavy atom. The van der Waals surface area contributed by atoms with Crippen molar-refractivity contribution in [3.05, 3.63) is 47.1 Å². The van der Waals surface area contributed by atoms with Crippen LogP contribution in [0.25, 0.3) is 17.0 Å². The molecule has 0 unspecified atom stereocenters. The fraction of sp³-hybridized carbons (Fsp3) is 0. The molecule has 0 spiro atoms. The van der Waals surface area contributed by atoms with E-state index in [0.29, 0.717) is 11.5 Å². The monoisotopic (exact) mass is 288 g/mol. The molecule has 2 heterocycles. The lowest BCUT2D eigenvalue weighted by atomic mass is 10.2. The van der Waals surface area contributed by atoms with Crippen molar-refractivity contribution in [2.24, 2.45) is 0 Å². The average molecular weight is 289 g/mol. The summed E-state index contributed by atoms with van der Waals surface area (Å²) in [5, 5.41) is 4.40. The van der Waals surface area contributed by atoms with Crippen molar-refractivity contribution in [3.8, 4) is 11.4 Å². The van der Waals surface area contributed by atoms with Gasteiger partial charge in [0.05, 0.1) is 4.47 Å². The molecule has 1 aromatic carbocycles. The molecule has 0 atom stereocenters. The largest absolute Gasteiger partial charge is 0.398 e. The van der Waals surface area contributed by atoms with Crippen LogP contribution >= 0.6 is 15.9 Å². The second kappa shape index (κ2) is 3.85. The summed E-state index contributed by atoms with van der Waals surface area (Å²) in [6, 6.07) is 11.4. The van der Waals surface area contributed by atoms with E-state index in [1.54, 1.807) is 4.52 Å². The number of hydrogen-bond acceptors (Lipinski definition) is 3. The van der Waals surface area contributed by atoms with Crippen LogP contribution in [0.1, 0.15) is 0 Å². The van der Waals surface area contributed by atoms with E-state index in [0.717, 1.165) is 15.7 Å². The highest BCUT2D eigenvalue weighted by Gasteiger charge is 2.10. The zero-order valence-corrected chi connectivity index (χ0v) is 10.4. The predicted octanol–water partition coefficient (Wildman–Crippen LogP) is 2.74. The van der Waals surface area contributed by atoms with Crippen molar-refractivity contribution in [1.82, 2.24) is 14.6 Å². The molecule has 0 amide bonds. The van der Waals surface area contributed by atoms with E-state index in [1.165, 1.54) is 0 Å². The molecule has 0 aliphatic rings. The number of fused-ring (bicyclic) bond motifs is 1. The molecule has 0 bridgehead atoms. The molecule has 17 heavy (non-hydrogen) atoms. The second-order valence-corrected chi connectivity index (χ2v) is 4.50. The summed E-state index contributed by atoms with van der Waals surface area (Å²) in [6.07, 6.45) is 1.86. The Balaban J connectivity index is 2.26. The summed E-state index contributed by atoms with van der Waals surface area (Å²) < 4.78 is 2.64. The maximum Gasteiger partial charge on any atom is 0.184 e. The summed E-state index contributed by atoms with van der Waals surface area (Å²) in [7, 11) is 0. The van der Waals surface area contributed by atoms with Gasteiger partial charge in [0.15, 0.2) is 11.5 Å². The summed E-state index contributed by atoms with van der Waals surface area (Å²) in [5.74, 6) is 0.634. The lowest BCUT2D eigenvalue weighted by Crippen LogP contribution is -1.91. The van der Waals surface area contributed by atoms with Crippen LogP contribution in [0.3, 0.4) is 0 Å². The van der Waals surface area contributed by atoms with E-state index in [2.05, 4.69) is 26.0 Å². The minimum atomic E-state index is 0.634. The minimum absolute atomic E-state index is 0.634. The standard InChI is InChI=1S/C12H9BrN4/c13-9-5-3-7-17-12(9)15-11(16-17)8-4-1-2-6-10(8)14/h1-7H,14H2. The second-order valence-electron chi connectivity index (χ2n) is 3.65. The third-order valence-electron chi connectivity index (χ3n) is 2.52. The van der Waals surface area contributed by atoms with E-state index in [4.69, 9.17) is 5.73 Å². The lowest BCUT2D eigenvalue weighted by molar-refractivity contribution is 0.963. The third-order valence-corrected chi connectivity index (χ3v) is 3.14. The van der Waals surface area contributed by atoms with Gasteiger partial charge in [-0.15, -0.1) is 5.10 Å². The predicted molar refractivity (Wildman–Crippen MR) is 70.5 cm³/mol. The number of anilines is 1. The number of benzene rings is 1. The van der Waals surface area contributed by atoms with Gasteiger partial charge in [-0.1, -0.05) is 12.1 Å². The van der Waals surface area contributed by atoms with Gasteiger partial charge in [-0.2, -0.15) is 0 Å². The van der Waals surface area contributed by atoms with E-state index < -0.39 is 0 Å². The van der Waals surface area contributed by atoms with Crippen molar-refractivity contribution in [2.45, 2.75) is 0 Å². The molecular weight excluding hydrogens is 280 g/mol. The molecule has 0 radical (unpaired) electrons. The molecule has 2 aromatic heterocycles. The Bertz CT molecular complexity index is 690. The quantitative estimate of drug-likeness (QED) is 0.701. The van der Waals surface area contributed by atoms with Crippen molar-refractivity contribution >= 4 is 27.3 Å². The molecule has 3 aromatic rings. The normalized spacial score (nSPS) is 10.9. The fourth-order valence-corrected chi connectivity index (χ4v) is 2.11. The highest BCUT2D eigenvalue weighted by molar-refractivity contribution is 9.10. The number of rotatable bonds is 1. The number of nitrogen functional groups attached to an aromatic ring is 1. The van der Waals surface area contributed by atoms with Crippen molar-refractivity contribution < 1.29 is 0 Å². The van der Waals surface area contributed by atoms with Crippen LogP contribution in [-0.4, -0.2) is 14.6 Å². The van der Waals surface area contributed by atoms with Gasteiger partial charge in [0.1, 0.15) is 0 Å². The first-order valence-electron chi connectivity index (χ1n) is 5.11. The van der Waals surface area contributed by atoms with E-state index in [-0.39, 0.29) is 0 Å². The Kier molecular flexibility index (Phi) is 2.33. The molecule has 4 nitrogen and oxygen atoms in total. The van der Waals surface area contributed by atoms with Crippen LogP contribution < -0.4 is 5.73 Å². The van der Waals surface area contributed by atoms with Gasteiger partial charge >= 0.3 is 0 Å². The number of nitrogens with zero attached hydrogens (tertiary/aromatic N) is 3. The first-order chi connectivity index (χ1) is 8.25. The number of halogens is 1. The van der Waals surface area contributed by atoms with Gasteiger partial charge in [-0.25, -0.2) is 9.50 Å². The molecule has 0 saturated heterocycles. The Morgan fingerprint density at radius 2 is 1.94 bits per heavy atom. The molecule has 0 aliphatic carbocycles. The number of hydrogen-bond donors (Lipinski definition) is 1. The summed E-state index contributed by atoms with van der Waals surface area (Å²) in [5.41, 5.74) is 8.22. The molecule has 84 valence electrons. The molecule has 0 saturated carbocycles. The average Bonchev–Trinajstić information content (AvgIpc) is 2.75. The SMILES string of the molecule is Nc1ccccc1-c1nc2c(Br)cccn2n1. The number of pyridine rings is 1. The maximum atomic E-state index is 5.91. The zero-order valence-electron chi connectivity index (χ0n) is 8.84. The molecule has 3 rings (SSSR count). The van der Waals surface area contributed by atoms with E-state index >= 15 is 0 Å². The minimum Gasteiger partial charge on any atom is -0.398 e. The van der Waals surface area contributed by atoms with Crippen LogP contribution in [0.5, 0.6) is 0 Å². The number of aromatic nitrogens is 3. The molecule has 2 N–H and O–H groups in total. The smallest absolute Gasteiger partial charge is 0.184 e. The molecule has 0 aliphatic heterocycles. The molecular formula is C12H9BrN4. The number of para-hydroxylation sites is 1. The number of nitrogens with two attached hydrogens (primary N) is 1. The first kappa shape index (κ1) is 10.3. The summed E-state index contributed by atoms with van der Waals surface area (Å²) in [6.45, 7) is 0. The molecule has 5 heteroatoms. The van der Waals surface area contributed by atoms with Crippen molar-refractivity contribution in [2.75, 3.05) is 5.73 Å². The van der Waals surface area contributed by atoms with Crippen LogP contribution in [0, 0.1) is 0 Å². The third kappa shape index (κ3) is 1.68. The first-order valence-corrected chi connectivity index (χ1v) is 5.91. The Hall–Kier alpha value is -1.88. The van der Waals surface area contributed by atoms with Gasteiger partial charge < -0.3 is 5.73 Å². The van der Waals surface area contributed by atoms with Gasteiger partial charge in [-0.05, 0) is 40.2 Å². The summed E-state index contributed by atoms with van der Waals surface area (Å²) >= 11 is 3.45.